The highest BCUT2D eigenvalue weighted by Crippen LogP contribution is 2.56. The van der Waals surface area contributed by atoms with Gasteiger partial charge in [0.1, 0.15) is 23.7 Å². The molecule has 3 amide bonds. The van der Waals surface area contributed by atoms with Gasteiger partial charge in [-0.2, -0.15) is 0 Å². The number of amides is 3. The van der Waals surface area contributed by atoms with Crippen LogP contribution in [0.4, 0.5) is 5.69 Å². The largest absolute Gasteiger partial charge is 0.460 e. The molecule has 1 aromatic rings. The van der Waals surface area contributed by atoms with E-state index in [0.29, 0.717) is 17.1 Å². The van der Waals surface area contributed by atoms with Crippen LogP contribution in [0, 0.1) is 24.7 Å². The Morgan fingerprint density at radius 2 is 1.93 bits per heavy atom. The van der Waals surface area contributed by atoms with Crippen molar-refractivity contribution in [2.24, 2.45) is 17.8 Å². The van der Waals surface area contributed by atoms with Crippen molar-refractivity contribution in [1.29, 1.82) is 0 Å². The van der Waals surface area contributed by atoms with Gasteiger partial charge in [-0.3, -0.25) is 19.2 Å². The summed E-state index contributed by atoms with van der Waals surface area (Å²) in [7, 11) is 0. The lowest BCUT2D eigenvalue weighted by atomic mass is 9.74. The number of hydrogen-bond acceptors (Lipinski definition) is 7. The minimum atomic E-state index is -1.44. The number of likely N-dealkylation sites (tertiary alicyclic amines) is 1. The van der Waals surface area contributed by atoms with E-state index in [4.69, 9.17) is 21.1 Å². The standard InChI is InChI=1S/C31H38ClN3O7/c1-17(2)21(16-36)35-27-29(39)34(26-18(3)9-8-10-20(26)32)14-7-5-6-11-23(37)33-15-19(4)41-30(40)24-22-12-13-31(27,42-22)25(24)28(35)38/h5,7-10,12-13,17,19,21-22,24-25,27,36H,6,11,14-16H2,1-4H3,(H,33,37)/b7-5-/t19-,21+,22+,24-,25-,27+,31-/m1/s1. The molecule has 7 atom stereocenters. The minimum absolute atomic E-state index is 0.116. The molecule has 1 aromatic carbocycles. The highest BCUT2D eigenvalue weighted by atomic mass is 35.5. The predicted molar refractivity (Wildman–Crippen MR) is 156 cm³/mol. The second-order valence-electron chi connectivity index (χ2n) is 11.9. The molecule has 4 heterocycles. The average Bonchev–Trinajstić information content (AvgIpc) is 3.57. The Bertz CT molecular complexity index is 1310. The fraction of sp³-hybridized carbons (Fsp3) is 0.548. The van der Waals surface area contributed by atoms with E-state index in [1.54, 1.807) is 37.3 Å². The molecule has 4 aliphatic rings. The summed E-state index contributed by atoms with van der Waals surface area (Å²) in [6.45, 7) is 7.12. The van der Waals surface area contributed by atoms with Crippen molar-refractivity contribution >= 4 is 41.0 Å². The number of cyclic esters (lactones) is 1. The molecule has 4 aliphatic heterocycles. The number of para-hydroxylation sites is 1. The Balaban J connectivity index is 1.67. The van der Waals surface area contributed by atoms with Crippen LogP contribution in [0.1, 0.15) is 39.2 Å². The summed E-state index contributed by atoms with van der Waals surface area (Å²) in [5, 5.41) is 13.6. The molecule has 0 aromatic heterocycles. The first-order valence-electron chi connectivity index (χ1n) is 14.5. The van der Waals surface area contributed by atoms with E-state index >= 15 is 0 Å². The van der Waals surface area contributed by atoms with Gasteiger partial charge in [0.15, 0.2) is 0 Å². The Kier molecular flexibility index (Phi) is 8.51. The molecule has 0 radical (unpaired) electrons. The molecule has 0 unspecified atom stereocenters. The summed E-state index contributed by atoms with van der Waals surface area (Å²) in [6.07, 6.45) is 6.32. The number of carbonyl (C=O) groups is 4. The summed E-state index contributed by atoms with van der Waals surface area (Å²) >= 11 is 6.68. The van der Waals surface area contributed by atoms with Crippen LogP contribution in [-0.2, 0) is 28.7 Å². The highest BCUT2D eigenvalue weighted by Gasteiger charge is 2.74. The van der Waals surface area contributed by atoms with Crippen LogP contribution in [-0.4, -0.2) is 83.3 Å². The number of ether oxygens (including phenoxy) is 2. The summed E-state index contributed by atoms with van der Waals surface area (Å²) in [5.41, 5.74) is -0.194. The summed E-state index contributed by atoms with van der Waals surface area (Å²) in [4.78, 5) is 58.1. The molecule has 5 rings (SSSR count). The number of allylic oxidation sites excluding steroid dienone is 1. The normalized spacial score (nSPS) is 33.2. The van der Waals surface area contributed by atoms with Crippen LogP contribution < -0.4 is 10.2 Å². The van der Waals surface area contributed by atoms with Crippen LogP contribution in [0.3, 0.4) is 0 Å². The van der Waals surface area contributed by atoms with Crippen molar-refractivity contribution in [3.8, 4) is 0 Å². The van der Waals surface area contributed by atoms with Gasteiger partial charge in [-0.1, -0.05) is 61.9 Å². The maximum atomic E-state index is 14.9. The molecule has 2 fully saturated rings. The van der Waals surface area contributed by atoms with E-state index in [2.05, 4.69) is 5.32 Å². The molecule has 0 aliphatic carbocycles. The third-order valence-electron chi connectivity index (χ3n) is 8.75. The molecular formula is C31H38ClN3O7. The van der Waals surface area contributed by atoms with E-state index in [1.807, 2.05) is 32.9 Å². The number of nitrogens with one attached hydrogen (secondary N) is 1. The van der Waals surface area contributed by atoms with Gasteiger partial charge in [-0.25, -0.2) is 0 Å². The fourth-order valence-electron chi connectivity index (χ4n) is 6.72. The third kappa shape index (κ3) is 5.03. The summed E-state index contributed by atoms with van der Waals surface area (Å²) in [5.74, 6) is -3.92. The van der Waals surface area contributed by atoms with Gasteiger partial charge in [0, 0.05) is 13.0 Å². The Hall–Kier alpha value is -3.21. The molecule has 2 N–H and O–H groups in total. The first kappa shape index (κ1) is 30.3. The van der Waals surface area contributed by atoms with Gasteiger partial charge in [-0.05, 0) is 37.8 Å². The molecule has 226 valence electrons. The van der Waals surface area contributed by atoms with E-state index < -0.39 is 59.5 Å². The molecule has 1 spiro atoms. The number of rotatable bonds is 4. The molecule has 5 bridgehead atoms. The monoisotopic (exact) mass is 599 g/mol. The third-order valence-corrected chi connectivity index (χ3v) is 9.06. The van der Waals surface area contributed by atoms with Gasteiger partial charge in [0.05, 0.1) is 41.9 Å². The van der Waals surface area contributed by atoms with E-state index in [-0.39, 0.29) is 37.9 Å². The number of benzene rings is 1. The zero-order valence-electron chi connectivity index (χ0n) is 24.3. The summed E-state index contributed by atoms with van der Waals surface area (Å²) in [6, 6.07) is 3.46. The number of anilines is 1. The number of aryl methyl sites for hydroxylation is 1. The maximum Gasteiger partial charge on any atom is 0.313 e. The van der Waals surface area contributed by atoms with Crippen LogP contribution in [0.2, 0.25) is 5.02 Å². The number of aliphatic hydroxyl groups is 1. The van der Waals surface area contributed by atoms with Gasteiger partial charge in [0.2, 0.25) is 11.8 Å². The van der Waals surface area contributed by atoms with Crippen molar-refractivity contribution in [2.75, 3.05) is 24.6 Å². The number of hydrogen-bond donors (Lipinski definition) is 2. The Labute approximate surface area is 250 Å². The number of aliphatic hydroxyl groups excluding tert-OH is 1. The summed E-state index contributed by atoms with van der Waals surface area (Å²) < 4.78 is 12.2. The molecule has 0 saturated carbocycles. The number of esters is 1. The number of carbonyl (C=O) groups excluding carboxylic acids is 4. The fourth-order valence-corrected chi connectivity index (χ4v) is 7.04. The lowest BCUT2D eigenvalue weighted by Gasteiger charge is -2.40. The second-order valence-corrected chi connectivity index (χ2v) is 12.3. The second kappa shape index (κ2) is 11.8. The smallest absolute Gasteiger partial charge is 0.313 e. The number of halogens is 1. The zero-order valence-corrected chi connectivity index (χ0v) is 25.0. The van der Waals surface area contributed by atoms with Gasteiger partial charge in [0.25, 0.3) is 5.91 Å². The predicted octanol–water partition coefficient (Wildman–Crippen LogP) is 2.55. The lowest BCUT2D eigenvalue weighted by molar-refractivity contribution is -0.159. The van der Waals surface area contributed by atoms with Gasteiger partial charge < -0.3 is 29.7 Å². The molecular weight excluding hydrogens is 562 g/mol. The van der Waals surface area contributed by atoms with E-state index in [0.717, 1.165) is 5.56 Å². The van der Waals surface area contributed by atoms with Crippen LogP contribution in [0.15, 0.2) is 42.5 Å². The number of nitrogens with zero attached hydrogens (tertiary/aromatic N) is 2. The molecule has 42 heavy (non-hydrogen) atoms. The first-order chi connectivity index (χ1) is 20.0. The van der Waals surface area contributed by atoms with Crippen molar-refractivity contribution in [3.05, 3.63) is 53.1 Å². The minimum Gasteiger partial charge on any atom is -0.460 e. The Morgan fingerprint density at radius 3 is 2.62 bits per heavy atom. The van der Waals surface area contributed by atoms with E-state index in [1.165, 1.54) is 9.80 Å². The van der Waals surface area contributed by atoms with Crippen molar-refractivity contribution in [2.45, 2.75) is 70.4 Å². The maximum absolute atomic E-state index is 14.9. The van der Waals surface area contributed by atoms with Crippen molar-refractivity contribution in [1.82, 2.24) is 10.2 Å². The SMILES string of the molecule is Cc1cccc(Cl)c1N1C/C=C\CCC(=O)NC[C@@H](C)OC(=O)[C@@H]2[C@@H]3C=C[C@]4(O3)[C@H](C1=O)N([C@@H](CO)C(C)C)C(=O)[C@@H]24. The Morgan fingerprint density at radius 1 is 1.17 bits per heavy atom. The number of fused-ring (bicyclic) bond motifs is 2. The van der Waals surface area contributed by atoms with Gasteiger partial charge >= 0.3 is 5.97 Å². The molecule has 10 nitrogen and oxygen atoms in total. The zero-order chi connectivity index (χ0) is 30.3. The van der Waals surface area contributed by atoms with Crippen LogP contribution in [0.25, 0.3) is 0 Å². The molecule has 11 heteroatoms. The highest BCUT2D eigenvalue weighted by molar-refractivity contribution is 6.34. The van der Waals surface area contributed by atoms with Crippen LogP contribution >= 0.6 is 11.6 Å². The van der Waals surface area contributed by atoms with E-state index in [9.17, 15) is 24.3 Å². The van der Waals surface area contributed by atoms with Crippen molar-refractivity contribution < 1.29 is 33.8 Å². The lowest BCUT2D eigenvalue weighted by Crippen LogP contribution is -2.59. The molecule has 2 saturated heterocycles. The first-order valence-corrected chi connectivity index (χ1v) is 14.9. The quantitative estimate of drug-likeness (QED) is 0.402. The van der Waals surface area contributed by atoms with Crippen LogP contribution in [0.5, 0.6) is 0 Å². The van der Waals surface area contributed by atoms with Crippen molar-refractivity contribution in [3.63, 3.8) is 0 Å². The van der Waals surface area contributed by atoms with Gasteiger partial charge in [-0.15, -0.1) is 0 Å². The average molecular weight is 600 g/mol. The topological polar surface area (TPSA) is 125 Å².